The number of amides is 1. The number of hydrogen-bond acceptors (Lipinski definition) is 4. The predicted octanol–water partition coefficient (Wildman–Crippen LogP) is 1.47. The highest BCUT2D eigenvalue weighted by Gasteiger charge is 2.25. The fraction of sp³-hybridized carbons (Fsp3) is 0.583. The van der Waals surface area contributed by atoms with Gasteiger partial charge in [-0.3, -0.25) is 9.69 Å². The number of carbonyl (C=O) groups excluding carboxylic acids is 1. The van der Waals surface area contributed by atoms with Gasteiger partial charge in [-0.1, -0.05) is 11.6 Å². The summed E-state index contributed by atoms with van der Waals surface area (Å²) in [5.74, 6) is -0.000118. The molecular weight excluding hydrogens is 272 g/mol. The van der Waals surface area contributed by atoms with Gasteiger partial charge >= 0.3 is 0 Å². The average Bonchev–Trinajstić information content (AvgIpc) is 2.95. The third-order valence-electron chi connectivity index (χ3n) is 3.15. The number of likely N-dealkylation sites (tertiary alicyclic amines) is 1. The highest BCUT2D eigenvalue weighted by atomic mass is 35.5. The SMILES string of the molecule is O=C(CN1CCC[C@@H]1CO)NCc1ccc(Cl)s1. The van der Waals surface area contributed by atoms with Crippen LogP contribution in [0, 0.1) is 0 Å². The Morgan fingerprint density at radius 1 is 1.61 bits per heavy atom. The quantitative estimate of drug-likeness (QED) is 0.863. The Kier molecular flexibility index (Phi) is 5.00. The topological polar surface area (TPSA) is 52.6 Å². The van der Waals surface area contributed by atoms with Crippen molar-refractivity contribution in [3.05, 3.63) is 21.3 Å². The van der Waals surface area contributed by atoms with Gasteiger partial charge in [0.15, 0.2) is 0 Å². The van der Waals surface area contributed by atoms with E-state index >= 15 is 0 Å². The Morgan fingerprint density at radius 3 is 3.11 bits per heavy atom. The van der Waals surface area contributed by atoms with Gasteiger partial charge in [0.2, 0.25) is 5.91 Å². The van der Waals surface area contributed by atoms with E-state index in [2.05, 4.69) is 5.32 Å². The van der Waals surface area contributed by atoms with E-state index in [9.17, 15) is 9.90 Å². The summed E-state index contributed by atoms with van der Waals surface area (Å²) in [5.41, 5.74) is 0. The Morgan fingerprint density at radius 2 is 2.44 bits per heavy atom. The third kappa shape index (κ3) is 3.68. The molecule has 0 unspecified atom stereocenters. The molecule has 0 aliphatic carbocycles. The van der Waals surface area contributed by atoms with Gasteiger partial charge in [0, 0.05) is 10.9 Å². The standard InChI is InChI=1S/C12H17ClN2O2S/c13-11-4-3-10(18-11)6-14-12(17)7-15-5-1-2-9(15)8-16/h3-4,9,16H,1-2,5-8H2,(H,14,17)/t9-/m1/s1. The fourth-order valence-corrected chi connectivity index (χ4v) is 3.21. The van der Waals surface area contributed by atoms with E-state index < -0.39 is 0 Å². The molecule has 0 saturated carbocycles. The highest BCUT2D eigenvalue weighted by Crippen LogP contribution is 2.21. The van der Waals surface area contributed by atoms with Gasteiger partial charge in [0.25, 0.3) is 0 Å². The molecule has 1 aliphatic heterocycles. The van der Waals surface area contributed by atoms with Crippen LogP contribution in [0.4, 0.5) is 0 Å². The molecule has 1 aliphatic rings. The van der Waals surface area contributed by atoms with Crippen molar-refractivity contribution >= 4 is 28.8 Å². The number of hydrogen-bond donors (Lipinski definition) is 2. The van der Waals surface area contributed by atoms with Crippen molar-refractivity contribution in [1.82, 2.24) is 10.2 Å². The van der Waals surface area contributed by atoms with Crippen LogP contribution in [-0.2, 0) is 11.3 Å². The third-order valence-corrected chi connectivity index (χ3v) is 4.38. The van der Waals surface area contributed by atoms with Gasteiger partial charge in [-0.05, 0) is 31.5 Å². The lowest BCUT2D eigenvalue weighted by molar-refractivity contribution is -0.122. The molecule has 1 aromatic rings. The number of aliphatic hydroxyl groups is 1. The minimum Gasteiger partial charge on any atom is -0.395 e. The van der Waals surface area contributed by atoms with Crippen molar-refractivity contribution in [2.45, 2.75) is 25.4 Å². The summed E-state index contributed by atoms with van der Waals surface area (Å²) in [6, 6.07) is 3.89. The molecule has 100 valence electrons. The summed E-state index contributed by atoms with van der Waals surface area (Å²) in [7, 11) is 0. The van der Waals surface area contributed by atoms with E-state index in [-0.39, 0.29) is 18.6 Å². The number of nitrogens with one attached hydrogen (secondary N) is 1. The van der Waals surface area contributed by atoms with Crippen molar-refractivity contribution in [3.63, 3.8) is 0 Å². The second kappa shape index (κ2) is 6.52. The minimum atomic E-state index is -0.000118. The van der Waals surface area contributed by atoms with Crippen LogP contribution in [-0.4, -0.2) is 41.7 Å². The van der Waals surface area contributed by atoms with Gasteiger partial charge < -0.3 is 10.4 Å². The zero-order chi connectivity index (χ0) is 13.0. The Balaban J connectivity index is 1.75. The van der Waals surface area contributed by atoms with Crippen LogP contribution in [0.3, 0.4) is 0 Å². The van der Waals surface area contributed by atoms with Gasteiger partial charge in [-0.15, -0.1) is 11.3 Å². The first kappa shape index (κ1) is 13.8. The fourth-order valence-electron chi connectivity index (χ4n) is 2.18. The highest BCUT2D eigenvalue weighted by molar-refractivity contribution is 7.16. The van der Waals surface area contributed by atoms with E-state index in [4.69, 9.17) is 11.6 Å². The van der Waals surface area contributed by atoms with E-state index in [1.807, 2.05) is 17.0 Å². The molecular formula is C12H17ClN2O2S. The van der Waals surface area contributed by atoms with E-state index in [1.165, 1.54) is 11.3 Å². The zero-order valence-corrected chi connectivity index (χ0v) is 11.6. The van der Waals surface area contributed by atoms with Crippen molar-refractivity contribution in [2.75, 3.05) is 19.7 Å². The molecule has 6 heteroatoms. The molecule has 2 N–H and O–H groups in total. The zero-order valence-electron chi connectivity index (χ0n) is 10.1. The maximum atomic E-state index is 11.8. The first-order valence-corrected chi connectivity index (χ1v) is 7.24. The van der Waals surface area contributed by atoms with Crippen molar-refractivity contribution in [1.29, 1.82) is 0 Å². The number of nitrogens with zero attached hydrogens (tertiary/aromatic N) is 1. The minimum absolute atomic E-state index is 0.000118. The first-order valence-electron chi connectivity index (χ1n) is 6.05. The molecule has 1 atom stereocenters. The second-order valence-corrected chi connectivity index (χ2v) is 6.23. The largest absolute Gasteiger partial charge is 0.395 e. The van der Waals surface area contributed by atoms with Crippen molar-refractivity contribution in [3.8, 4) is 0 Å². The lowest BCUT2D eigenvalue weighted by Gasteiger charge is -2.21. The Hall–Kier alpha value is -0.620. The monoisotopic (exact) mass is 288 g/mol. The Bertz CT molecular complexity index is 411. The summed E-state index contributed by atoms with van der Waals surface area (Å²) in [4.78, 5) is 14.9. The van der Waals surface area contributed by atoms with E-state index in [1.54, 1.807) is 0 Å². The maximum absolute atomic E-state index is 11.8. The number of rotatable bonds is 5. The number of thiophene rings is 1. The lowest BCUT2D eigenvalue weighted by Crippen LogP contribution is -2.40. The molecule has 2 heterocycles. The van der Waals surface area contributed by atoms with Crippen LogP contribution >= 0.6 is 22.9 Å². The van der Waals surface area contributed by atoms with Gasteiger partial charge in [-0.2, -0.15) is 0 Å². The molecule has 0 bridgehead atoms. The Labute approximate surface area is 116 Å². The molecule has 1 amide bonds. The summed E-state index contributed by atoms with van der Waals surface area (Å²) < 4.78 is 0.735. The smallest absolute Gasteiger partial charge is 0.234 e. The molecule has 18 heavy (non-hydrogen) atoms. The summed E-state index contributed by atoms with van der Waals surface area (Å²) >= 11 is 7.30. The summed E-state index contributed by atoms with van der Waals surface area (Å²) in [6.07, 6.45) is 2.03. The second-order valence-electron chi connectivity index (χ2n) is 4.43. The first-order chi connectivity index (χ1) is 8.69. The van der Waals surface area contributed by atoms with E-state index in [0.717, 1.165) is 28.6 Å². The molecule has 4 nitrogen and oxygen atoms in total. The molecule has 1 aromatic heterocycles. The van der Waals surface area contributed by atoms with Crippen molar-refractivity contribution < 1.29 is 9.90 Å². The normalized spacial score (nSPS) is 20.2. The van der Waals surface area contributed by atoms with Crippen LogP contribution in [0.2, 0.25) is 4.34 Å². The molecule has 2 rings (SSSR count). The lowest BCUT2D eigenvalue weighted by atomic mass is 10.2. The number of halogens is 1. The van der Waals surface area contributed by atoms with Crippen LogP contribution in [0.15, 0.2) is 12.1 Å². The van der Waals surface area contributed by atoms with Crippen LogP contribution in [0.5, 0.6) is 0 Å². The molecule has 0 spiro atoms. The van der Waals surface area contributed by atoms with Gasteiger partial charge in [0.05, 0.1) is 24.0 Å². The van der Waals surface area contributed by atoms with Crippen molar-refractivity contribution in [2.24, 2.45) is 0 Å². The number of aliphatic hydroxyl groups excluding tert-OH is 1. The molecule has 0 radical (unpaired) electrons. The van der Waals surface area contributed by atoms with Gasteiger partial charge in [-0.25, -0.2) is 0 Å². The average molecular weight is 289 g/mol. The van der Waals surface area contributed by atoms with Crippen LogP contribution in [0.25, 0.3) is 0 Å². The number of carbonyl (C=O) groups is 1. The van der Waals surface area contributed by atoms with E-state index in [0.29, 0.717) is 13.1 Å². The predicted molar refractivity (Wildman–Crippen MR) is 72.9 cm³/mol. The van der Waals surface area contributed by atoms with Crippen LogP contribution < -0.4 is 5.32 Å². The van der Waals surface area contributed by atoms with Crippen LogP contribution in [0.1, 0.15) is 17.7 Å². The van der Waals surface area contributed by atoms with Gasteiger partial charge in [0.1, 0.15) is 0 Å². The molecule has 1 fully saturated rings. The molecule has 1 saturated heterocycles. The summed E-state index contributed by atoms with van der Waals surface area (Å²) in [5, 5.41) is 12.0. The maximum Gasteiger partial charge on any atom is 0.234 e. The summed E-state index contributed by atoms with van der Waals surface area (Å²) in [6.45, 7) is 1.91. The molecule has 0 aromatic carbocycles.